The highest BCUT2D eigenvalue weighted by Gasteiger charge is 2.55. The Kier molecular flexibility index (Phi) is 6.11. The maximum Gasteiger partial charge on any atom is 0.263 e. The van der Waals surface area contributed by atoms with Crippen molar-refractivity contribution in [1.29, 1.82) is 0 Å². The minimum absolute atomic E-state index is 0.255. The third-order valence-corrected chi connectivity index (χ3v) is 5.24. The summed E-state index contributed by atoms with van der Waals surface area (Å²) in [6.45, 7) is 2.12. The Bertz CT molecular complexity index is 1100. The predicted molar refractivity (Wildman–Crippen MR) is 117 cm³/mol. The Morgan fingerprint density at radius 2 is 1.76 bits per heavy atom. The molecule has 1 saturated heterocycles. The molecule has 11 heteroatoms. The third kappa shape index (κ3) is 4.16. The molecule has 1 fully saturated rings. The molecule has 2 aliphatic rings. The van der Waals surface area contributed by atoms with Crippen LogP contribution >= 0.6 is 0 Å². The highest BCUT2D eigenvalue weighted by atomic mass is 16.5. The number of ether oxygens (including phenoxy) is 3. The van der Waals surface area contributed by atoms with Gasteiger partial charge in [0.2, 0.25) is 5.91 Å². The number of hydrogen-bond donors (Lipinski definition) is 1. The van der Waals surface area contributed by atoms with Crippen LogP contribution in [0, 0.1) is 0 Å². The van der Waals surface area contributed by atoms with Gasteiger partial charge in [0.1, 0.15) is 12.3 Å². The van der Waals surface area contributed by atoms with Gasteiger partial charge in [0, 0.05) is 11.8 Å². The fourth-order valence-electron chi connectivity index (χ4n) is 3.73. The molecule has 33 heavy (non-hydrogen) atoms. The number of hydrogen-bond acceptors (Lipinski definition) is 9. The molecule has 0 saturated carbocycles. The van der Waals surface area contributed by atoms with Crippen molar-refractivity contribution >= 4 is 29.1 Å². The van der Waals surface area contributed by atoms with Gasteiger partial charge < -0.3 is 19.5 Å². The normalized spacial score (nSPS) is 19.0. The minimum atomic E-state index is -0.988. The molecular weight excluding hydrogens is 430 g/mol. The number of amides is 3. The summed E-state index contributed by atoms with van der Waals surface area (Å²) < 4.78 is 15.8. The van der Waals surface area contributed by atoms with Crippen molar-refractivity contribution in [3.63, 3.8) is 0 Å². The lowest BCUT2D eigenvalue weighted by atomic mass is 10.1. The number of nitrogens with zero attached hydrogens (tertiary/aromatic N) is 4. The molecule has 0 unspecified atom stereocenters. The van der Waals surface area contributed by atoms with Gasteiger partial charge in [-0.3, -0.25) is 19.4 Å². The number of benzene rings is 2. The lowest BCUT2D eigenvalue weighted by molar-refractivity contribution is -0.123. The highest BCUT2D eigenvalue weighted by molar-refractivity contribution is 6.25. The summed E-state index contributed by atoms with van der Waals surface area (Å²) in [5.74, 6) is 0.212. The van der Waals surface area contributed by atoms with Gasteiger partial charge in [0.25, 0.3) is 11.8 Å². The largest absolute Gasteiger partial charge is 0.494 e. The summed E-state index contributed by atoms with van der Waals surface area (Å²) >= 11 is 0. The second kappa shape index (κ2) is 9.15. The van der Waals surface area contributed by atoms with E-state index >= 15 is 0 Å². The zero-order valence-electron chi connectivity index (χ0n) is 18.3. The van der Waals surface area contributed by atoms with Crippen molar-refractivity contribution in [2.45, 2.75) is 19.0 Å². The Labute approximate surface area is 189 Å². The highest BCUT2D eigenvalue weighted by Crippen LogP contribution is 2.33. The average Bonchev–Trinajstić information content (AvgIpc) is 3.33. The molecule has 3 amide bonds. The number of fused-ring (bicyclic) bond motifs is 1. The zero-order valence-corrected chi connectivity index (χ0v) is 18.3. The number of methoxy groups -OCH3 is 2. The summed E-state index contributed by atoms with van der Waals surface area (Å²) in [6.07, 6.45) is 0. The Hall–Kier alpha value is -4.15. The summed E-state index contributed by atoms with van der Waals surface area (Å²) in [5, 5.41) is 11.8. The van der Waals surface area contributed by atoms with Crippen LogP contribution in [-0.2, 0) is 14.4 Å². The van der Waals surface area contributed by atoms with E-state index in [9.17, 15) is 14.4 Å². The molecule has 172 valence electrons. The van der Waals surface area contributed by atoms with E-state index in [1.54, 1.807) is 42.5 Å². The number of carbonyl (C=O) groups excluding carboxylic acids is 3. The van der Waals surface area contributed by atoms with Crippen LogP contribution in [0.25, 0.3) is 0 Å². The van der Waals surface area contributed by atoms with Crippen molar-refractivity contribution in [1.82, 2.24) is 5.01 Å². The third-order valence-electron chi connectivity index (χ3n) is 5.24. The maximum absolute atomic E-state index is 13.1. The molecule has 2 atom stereocenters. The van der Waals surface area contributed by atoms with Crippen molar-refractivity contribution in [2.24, 2.45) is 10.3 Å². The Balaban J connectivity index is 1.45. The van der Waals surface area contributed by atoms with Gasteiger partial charge in [-0.25, -0.2) is 4.90 Å². The van der Waals surface area contributed by atoms with Crippen molar-refractivity contribution < 1.29 is 28.6 Å². The van der Waals surface area contributed by atoms with E-state index in [0.717, 1.165) is 4.90 Å². The fraction of sp³-hybridized carbons (Fsp3) is 0.318. The summed E-state index contributed by atoms with van der Waals surface area (Å²) in [4.78, 5) is 39.6. The van der Waals surface area contributed by atoms with Gasteiger partial charge in [-0.05, 0) is 43.3 Å². The van der Waals surface area contributed by atoms with Crippen LogP contribution in [0.3, 0.4) is 0 Å². The van der Waals surface area contributed by atoms with E-state index in [1.165, 1.54) is 19.2 Å². The SMILES string of the molecule is CCOc1ccc(N2C(=O)[C@H]3N=NN(CC(=O)Nc4ccc(OC)c(OC)c4)[C@@H]3C2=O)cc1. The molecule has 0 bridgehead atoms. The molecular formula is C22H23N5O6. The molecule has 2 aromatic rings. The quantitative estimate of drug-likeness (QED) is 0.607. The average molecular weight is 453 g/mol. The summed E-state index contributed by atoms with van der Waals surface area (Å²) in [7, 11) is 3.01. The number of anilines is 2. The minimum Gasteiger partial charge on any atom is -0.494 e. The van der Waals surface area contributed by atoms with Crippen LogP contribution in [-0.4, -0.2) is 62.2 Å². The van der Waals surface area contributed by atoms with Crippen molar-refractivity contribution in [3.05, 3.63) is 42.5 Å². The van der Waals surface area contributed by atoms with Crippen molar-refractivity contribution in [2.75, 3.05) is 37.6 Å². The van der Waals surface area contributed by atoms with Crippen LogP contribution in [0.4, 0.5) is 11.4 Å². The molecule has 1 N–H and O–H groups in total. The van der Waals surface area contributed by atoms with Gasteiger partial charge >= 0.3 is 0 Å². The van der Waals surface area contributed by atoms with E-state index in [2.05, 4.69) is 15.7 Å². The smallest absolute Gasteiger partial charge is 0.263 e. The summed E-state index contributed by atoms with van der Waals surface area (Å²) in [5.41, 5.74) is 0.892. The van der Waals surface area contributed by atoms with Gasteiger partial charge in [-0.1, -0.05) is 5.22 Å². The number of rotatable bonds is 8. The van der Waals surface area contributed by atoms with Crippen LogP contribution in [0.5, 0.6) is 17.2 Å². The monoisotopic (exact) mass is 453 g/mol. The van der Waals surface area contributed by atoms with Gasteiger partial charge in [0.05, 0.1) is 26.5 Å². The van der Waals surface area contributed by atoms with E-state index < -0.39 is 29.8 Å². The molecule has 0 aliphatic carbocycles. The van der Waals surface area contributed by atoms with Gasteiger partial charge in [-0.15, -0.1) is 0 Å². The molecule has 2 heterocycles. The number of imide groups is 1. The molecule has 2 aromatic carbocycles. The number of nitrogens with one attached hydrogen (secondary N) is 1. The lowest BCUT2D eigenvalue weighted by Gasteiger charge is -2.20. The van der Waals surface area contributed by atoms with Crippen LogP contribution < -0.4 is 24.4 Å². The molecule has 2 aliphatic heterocycles. The predicted octanol–water partition coefficient (Wildman–Crippen LogP) is 2.03. The van der Waals surface area contributed by atoms with Crippen molar-refractivity contribution in [3.8, 4) is 17.2 Å². The molecule has 11 nitrogen and oxygen atoms in total. The molecule has 0 spiro atoms. The van der Waals surface area contributed by atoms with Crippen LogP contribution in [0.15, 0.2) is 52.8 Å². The van der Waals surface area contributed by atoms with E-state index in [-0.39, 0.29) is 6.54 Å². The van der Waals surface area contributed by atoms with E-state index in [1.807, 2.05) is 6.92 Å². The second-order valence-electron chi connectivity index (χ2n) is 7.25. The van der Waals surface area contributed by atoms with Gasteiger partial charge in [0.15, 0.2) is 23.6 Å². The molecule has 4 rings (SSSR count). The first-order valence-electron chi connectivity index (χ1n) is 10.3. The van der Waals surface area contributed by atoms with Crippen LogP contribution in [0.2, 0.25) is 0 Å². The second-order valence-corrected chi connectivity index (χ2v) is 7.25. The standard InChI is InChI=1S/C22H23N5O6/c1-4-33-15-8-6-14(7-9-15)27-21(29)19-20(22(27)30)26(25-24-19)12-18(28)23-13-5-10-16(31-2)17(11-13)32-3/h5-11,19-20H,4,12H2,1-3H3,(H,23,28)/t19-,20-/m0/s1. The first-order valence-corrected chi connectivity index (χ1v) is 10.3. The van der Waals surface area contributed by atoms with E-state index in [0.29, 0.717) is 35.2 Å². The topological polar surface area (TPSA) is 122 Å². The zero-order chi connectivity index (χ0) is 23.5. The lowest BCUT2D eigenvalue weighted by Crippen LogP contribution is -2.43. The van der Waals surface area contributed by atoms with E-state index in [4.69, 9.17) is 14.2 Å². The molecule has 0 aromatic heterocycles. The summed E-state index contributed by atoms with van der Waals surface area (Å²) in [6, 6.07) is 9.60. The number of carbonyl (C=O) groups is 3. The Morgan fingerprint density at radius 3 is 2.42 bits per heavy atom. The maximum atomic E-state index is 13.1. The fourth-order valence-corrected chi connectivity index (χ4v) is 3.73. The Morgan fingerprint density at radius 1 is 1.03 bits per heavy atom. The molecule has 0 radical (unpaired) electrons. The first kappa shape index (κ1) is 22.1. The van der Waals surface area contributed by atoms with Crippen LogP contribution in [0.1, 0.15) is 6.92 Å². The first-order chi connectivity index (χ1) is 16.0. The van der Waals surface area contributed by atoms with Gasteiger partial charge in [-0.2, -0.15) is 5.11 Å².